The molecule has 20 heavy (non-hydrogen) atoms. The molecule has 0 saturated heterocycles. The normalized spacial score (nSPS) is 9.95. The molecule has 0 aliphatic heterocycles. The van der Waals surface area contributed by atoms with Crippen molar-refractivity contribution in [2.45, 2.75) is 0 Å². The summed E-state index contributed by atoms with van der Waals surface area (Å²) in [6.45, 7) is 0. The highest BCUT2D eigenvalue weighted by atomic mass is 127. The minimum Gasteiger partial charge on any atom is -0.397 e. The molecule has 0 unspecified atom stereocenters. The Hall–Kier alpha value is 0.710. The second-order valence-corrected chi connectivity index (χ2v) is 7.07. The average molecular weight is 504 g/mol. The predicted octanol–water partition coefficient (Wildman–Crippen LogP) is 7.48. The Balaban J connectivity index is 0.000000200. The van der Waals surface area contributed by atoms with Crippen molar-refractivity contribution >= 4 is 97.9 Å². The van der Waals surface area contributed by atoms with Crippen LogP contribution in [-0.2, 0) is 0 Å². The van der Waals surface area contributed by atoms with Gasteiger partial charge in [0.25, 0.3) is 0 Å². The number of anilines is 1. The van der Waals surface area contributed by atoms with Gasteiger partial charge in [-0.25, -0.2) is 0 Å². The van der Waals surface area contributed by atoms with E-state index in [0.29, 0.717) is 35.8 Å². The first-order chi connectivity index (χ1) is 9.22. The highest BCUT2D eigenvalue weighted by Crippen LogP contribution is 2.30. The summed E-state index contributed by atoms with van der Waals surface area (Å²) in [5.74, 6) is 0. The highest BCUT2D eigenvalue weighted by Gasteiger charge is 2.02. The van der Waals surface area contributed by atoms with E-state index >= 15 is 0 Å². The molecule has 108 valence electrons. The number of nitrogen functional groups attached to an aromatic ring is 1. The molecule has 0 heterocycles. The number of hydrogen-bond donors (Lipinski definition) is 1. The maximum Gasteiger partial charge on any atom is 0.0651 e. The van der Waals surface area contributed by atoms with Crippen molar-refractivity contribution in [2.24, 2.45) is 0 Å². The zero-order valence-corrected chi connectivity index (χ0v) is 16.2. The molecule has 2 aromatic rings. The van der Waals surface area contributed by atoms with Crippen LogP contribution < -0.4 is 5.73 Å². The van der Waals surface area contributed by atoms with E-state index in [2.05, 4.69) is 22.6 Å². The van der Waals surface area contributed by atoms with Crippen LogP contribution in [0.2, 0.25) is 30.1 Å². The molecule has 0 saturated carbocycles. The Bertz CT molecular complexity index is 476. The summed E-state index contributed by atoms with van der Waals surface area (Å²) in [5, 5.41) is 2.93. The number of rotatable bonds is 0. The molecule has 0 spiro atoms. The summed E-state index contributed by atoms with van der Waals surface area (Å²) in [7, 11) is 0. The first-order valence-electron chi connectivity index (χ1n) is 4.92. The monoisotopic (exact) mass is 501 g/mol. The third-order valence-corrected chi connectivity index (χ3v) is 5.30. The minimum atomic E-state index is 0.417. The van der Waals surface area contributed by atoms with Gasteiger partial charge in [0.15, 0.2) is 0 Å². The van der Waals surface area contributed by atoms with Crippen molar-refractivity contribution < 1.29 is 0 Å². The van der Waals surface area contributed by atoms with Gasteiger partial charge in [0.2, 0.25) is 0 Å². The molecule has 2 aromatic carbocycles. The third kappa shape index (κ3) is 5.48. The Morgan fingerprint density at radius 1 is 0.600 bits per heavy atom. The first-order valence-corrected chi connectivity index (χ1v) is 8.27. The van der Waals surface area contributed by atoms with Crippen LogP contribution in [0, 0.1) is 3.57 Å². The summed E-state index contributed by atoms with van der Waals surface area (Å²) < 4.78 is 0.911. The van der Waals surface area contributed by atoms with E-state index in [4.69, 9.17) is 75.3 Å². The summed E-state index contributed by atoms with van der Waals surface area (Å²) in [6.07, 6.45) is 0. The lowest BCUT2D eigenvalue weighted by atomic mass is 10.3. The lowest BCUT2D eigenvalue weighted by Crippen LogP contribution is -1.85. The van der Waals surface area contributed by atoms with Crippen LogP contribution in [-0.4, -0.2) is 0 Å². The maximum atomic E-state index is 5.74. The topological polar surface area (TPSA) is 26.0 Å². The van der Waals surface area contributed by atoms with Crippen LogP contribution in [0.15, 0.2) is 24.3 Å². The van der Waals surface area contributed by atoms with E-state index in [-0.39, 0.29) is 0 Å². The first kappa shape index (κ1) is 18.8. The molecule has 2 rings (SSSR count). The highest BCUT2D eigenvalue weighted by molar-refractivity contribution is 14.1. The predicted molar refractivity (Wildman–Crippen MR) is 100 cm³/mol. The molecule has 0 aromatic heterocycles. The zero-order valence-electron chi connectivity index (χ0n) is 9.53. The summed E-state index contributed by atoms with van der Waals surface area (Å²) >= 11 is 36.0. The van der Waals surface area contributed by atoms with Gasteiger partial charge >= 0.3 is 0 Å². The van der Waals surface area contributed by atoms with Gasteiger partial charge in [-0.1, -0.05) is 69.6 Å². The van der Waals surface area contributed by atoms with Gasteiger partial charge < -0.3 is 5.73 Å². The Morgan fingerprint density at radius 2 is 1.00 bits per heavy atom. The molecule has 0 amide bonds. The van der Waals surface area contributed by atoms with E-state index in [1.807, 2.05) is 0 Å². The second kappa shape index (κ2) is 8.37. The van der Waals surface area contributed by atoms with Crippen molar-refractivity contribution in [3.05, 3.63) is 58.0 Å². The maximum absolute atomic E-state index is 5.74. The van der Waals surface area contributed by atoms with E-state index in [1.165, 1.54) is 12.1 Å². The van der Waals surface area contributed by atoms with Gasteiger partial charge in [-0.15, -0.1) is 0 Å². The molecule has 0 radical (unpaired) electrons. The number of halogens is 7. The molecule has 0 atom stereocenters. The van der Waals surface area contributed by atoms with E-state index in [9.17, 15) is 0 Å². The fourth-order valence-corrected chi connectivity index (χ4v) is 2.79. The van der Waals surface area contributed by atoms with Gasteiger partial charge in [0.1, 0.15) is 0 Å². The van der Waals surface area contributed by atoms with E-state index in [1.54, 1.807) is 12.1 Å². The quantitative estimate of drug-likeness (QED) is 0.225. The van der Waals surface area contributed by atoms with Crippen molar-refractivity contribution in [2.75, 3.05) is 5.73 Å². The van der Waals surface area contributed by atoms with Crippen LogP contribution in [0.5, 0.6) is 0 Å². The Morgan fingerprint density at radius 3 is 1.45 bits per heavy atom. The number of benzene rings is 2. The van der Waals surface area contributed by atoms with E-state index < -0.39 is 0 Å². The molecule has 1 nitrogen and oxygen atoms in total. The second-order valence-electron chi connectivity index (χ2n) is 3.47. The number of hydrogen-bond acceptors (Lipinski definition) is 1. The average Bonchev–Trinajstić information content (AvgIpc) is 2.35. The molecular formula is C12H6Cl6IN. The zero-order chi connectivity index (χ0) is 15.4. The molecule has 8 heteroatoms. The lowest BCUT2D eigenvalue weighted by Gasteiger charge is -1.99. The van der Waals surface area contributed by atoms with Crippen molar-refractivity contribution in [1.29, 1.82) is 0 Å². The Kier molecular flexibility index (Phi) is 7.85. The lowest BCUT2D eigenvalue weighted by molar-refractivity contribution is 1.64. The smallest absolute Gasteiger partial charge is 0.0651 e. The third-order valence-electron chi connectivity index (χ3n) is 2.00. The van der Waals surface area contributed by atoms with Crippen LogP contribution in [0.4, 0.5) is 5.69 Å². The standard InChI is InChI=1S/C6H2Cl3I.C6H4Cl3N/c2*7-3-1-5(9)6(10)2-4(3)8/h1-2H;1-2H,10H2. The molecule has 0 bridgehead atoms. The van der Waals surface area contributed by atoms with Crippen molar-refractivity contribution in [3.63, 3.8) is 0 Å². The van der Waals surface area contributed by atoms with Crippen LogP contribution in [0.1, 0.15) is 0 Å². The van der Waals surface area contributed by atoms with Crippen LogP contribution in [0.25, 0.3) is 0 Å². The summed E-state index contributed by atoms with van der Waals surface area (Å²) in [6, 6.07) is 6.40. The molecule has 0 fully saturated rings. The van der Waals surface area contributed by atoms with Gasteiger partial charge in [-0.3, -0.25) is 0 Å². The molecule has 0 aliphatic rings. The van der Waals surface area contributed by atoms with Gasteiger partial charge in [-0.2, -0.15) is 0 Å². The van der Waals surface area contributed by atoms with Crippen LogP contribution >= 0.6 is 92.2 Å². The van der Waals surface area contributed by atoms with Crippen LogP contribution in [0.3, 0.4) is 0 Å². The van der Waals surface area contributed by atoms with Gasteiger partial charge in [0.05, 0.1) is 35.8 Å². The molecular weight excluding hydrogens is 498 g/mol. The fraction of sp³-hybridized carbons (Fsp3) is 0. The summed E-state index contributed by atoms with van der Waals surface area (Å²) in [5.41, 5.74) is 5.86. The fourth-order valence-electron chi connectivity index (χ4n) is 1.04. The van der Waals surface area contributed by atoms with Gasteiger partial charge in [0, 0.05) is 3.57 Å². The minimum absolute atomic E-state index is 0.417. The van der Waals surface area contributed by atoms with E-state index in [0.717, 1.165) is 3.57 Å². The molecule has 0 aliphatic carbocycles. The SMILES string of the molecule is Clc1cc(Cl)c(I)cc1Cl.Nc1cc(Cl)c(Cl)cc1Cl. The molecule has 2 N–H and O–H groups in total. The largest absolute Gasteiger partial charge is 0.397 e. The van der Waals surface area contributed by atoms with Crippen molar-refractivity contribution in [3.8, 4) is 0 Å². The van der Waals surface area contributed by atoms with Crippen molar-refractivity contribution in [1.82, 2.24) is 0 Å². The summed E-state index contributed by atoms with van der Waals surface area (Å²) in [4.78, 5) is 0. The number of nitrogens with two attached hydrogens (primary N) is 1. The van der Waals surface area contributed by atoms with Gasteiger partial charge in [-0.05, 0) is 46.9 Å². The Labute approximate surface area is 160 Å².